The van der Waals surface area contributed by atoms with Gasteiger partial charge in [0.05, 0.1) is 7.11 Å². The quantitative estimate of drug-likeness (QED) is 0.779. The number of carboxylic acid groups (broad SMARTS) is 1. The Morgan fingerprint density at radius 1 is 1.30 bits per heavy atom. The normalized spacial score (nSPS) is 11.7. The SMILES string of the molecule is COc1nc(C)cc(NC(CCC(=O)O)Cc2ccccc2)n1. The van der Waals surface area contributed by atoms with Gasteiger partial charge in [0.2, 0.25) is 0 Å². The van der Waals surface area contributed by atoms with E-state index in [1.165, 1.54) is 7.11 Å². The highest BCUT2D eigenvalue weighted by atomic mass is 16.5. The Morgan fingerprint density at radius 2 is 2.04 bits per heavy atom. The molecule has 1 atom stereocenters. The van der Waals surface area contributed by atoms with Gasteiger partial charge in [0.25, 0.3) is 0 Å². The number of nitrogens with one attached hydrogen (secondary N) is 1. The molecule has 6 nitrogen and oxygen atoms in total. The fraction of sp³-hybridized carbons (Fsp3) is 0.353. The second-order valence-corrected chi connectivity index (χ2v) is 5.34. The lowest BCUT2D eigenvalue weighted by molar-refractivity contribution is -0.137. The summed E-state index contributed by atoms with van der Waals surface area (Å²) in [5.74, 6) is -0.165. The Kier molecular flexibility index (Phi) is 5.91. The van der Waals surface area contributed by atoms with Crippen LogP contribution >= 0.6 is 0 Å². The summed E-state index contributed by atoms with van der Waals surface area (Å²) in [6.07, 6.45) is 1.33. The summed E-state index contributed by atoms with van der Waals surface area (Å²) < 4.78 is 5.08. The molecule has 23 heavy (non-hydrogen) atoms. The van der Waals surface area contributed by atoms with E-state index in [9.17, 15) is 4.79 Å². The first kappa shape index (κ1) is 16.7. The summed E-state index contributed by atoms with van der Waals surface area (Å²) >= 11 is 0. The Morgan fingerprint density at radius 3 is 2.70 bits per heavy atom. The molecular formula is C17H21N3O3. The van der Waals surface area contributed by atoms with Crippen LogP contribution < -0.4 is 10.1 Å². The second-order valence-electron chi connectivity index (χ2n) is 5.34. The molecule has 0 saturated heterocycles. The van der Waals surface area contributed by atoms with Crippen LogP contribution in [-0.4, -0.2) is 34.2 Å². The van der Waals surface area contributed by atoms with Gasteiger partial charge in [-0.25, -0.2) is 4.98 Å². The molecule has 2 rings (SSSR count). The summed E-state index contributed by atoms with van der Waals surface area (Å²) in [6.45, 7) is 1.86. The number of hydrogen-bond donors (Lipinski definition) is 2. The summed E-state index contributed by atoms with van der Waals surface area (Å²) in [6, 6.07) is 12.0. The van der Waals surface area contributed by atoms with Gasteiger partial charge >= 0.3 is 12.0 Å². The van der Waals surface area contributed by atoms with E-state index in [1.807, 2.05) is 43.3 Å². The molecular weight excluding hydrogens is 294 g/mol. The molecule has 0 amide bonds. The lowest BCUT2D eigenvalue weighted by Gasteiger charge is -2.19. The third-order valence-electron chi connectivity index (χ3n) is 3.40. The molecule has 2 aromatic rings. The summed E-state index contributed by atoms with van der Waals surface area (Å²) in [7, 11) is 1.52. The Labute approximate surface area is 135 Å². The molecule has 0 aliphatic heterocycles. The highest BCUT2D eigenvalue weighted by molar-refractivity contribution is 5.66. The average Bonchev–Trinajstić information content (AvgIpc) is 2.53. The standard InChI is InChI=1S/C17H21N3O3/c1-12-10-15(20-17(18-12)23-2)19-14(8-9-16(21)22)11-13-6-4-3-5-7-13/h3-7,10,14H,8-9,11H2,1-2H3,(H,21,22)(H,18,19,20). The van der Waals surface area contributed by atoms with Crippen molar-refractivity contribution < 1.29 is 14.6 Å². The molecule has 122 valence electrons. The van der Waals surface area contributed by atoms with E-state index < -0.39 is 5.97 Å². The van der Waals surface area contributed by atoms with Crippen molar-refractivity contribution in [1.29, 1.82) is 0 Å². The number of aryl methyl sites for hydroxylation is 1. The van der Waals surface area contributed by atoms with E-state index in [-0.39, 0.29) is 12.5 Å². The van der Waals surface area contributed by atoms with E-state index in [4.69, 9.17) is 9.84 Å². The number of methoxy groups -OCH3 is 1. The van der Waals surface area contributed by atoms with Gasteiger partial charge in [-0.3, -0.25) is 4.79 Å². The van der Waals surface area contributed by atoms with Crippen LogP contribution in [0.1, 0.15) is 24.1 Å². The lowest BCUT2D eigenvalue weighted by atomic mass is 10.0. The van der Waals surface area contributed by atoms with Crippen molar-refractivity contribution in [2.75, 3.05) is 12.4 Å². The third kappa shape index (κ3) is 5.58. The van der Waals surface area contributed by atoms with Crippen LogP contribution in [-0.2, 0) is 11.2 Å². The largest absolute Gasteiger partial charge is 0.481 e. The number of hydrogen-bond acceptors (Lipinski definition) is 5. The highest BCUT2D eigenvalue weighted by Gasteiger charge is 2.13. The van der Waals surface area contributed by atoms with E-state index in [0.29, 0.717) is 18.2 Å². The van der Waals surface area contributed by atoms with Crippen LogP contribution in [0.15, 0.2) is 36.4 Å². The molecule has 2 N–H and O–H groups in total. The van der Waals surface area contributed by atoms with Crippen molar-refractivity contribution in [3.8, 4) is 6.01 Å². The summed E-state index contributed by atoms with van der Waals surface area (Å²) in [5, 5.41) is 12.3. The number of rotatable bonds is 8. The molecule has 1 unspecified atom stereocenters. The van der Waals surface area contributed by atoms with Crippen molar-refractivity contribution in [3.63, 3.8) is 0 Å². The molecule has 0 aliphatic carbocycles. The number of benzene rings is 1. The first-order valence-electron chi connectivity index (χ1n) is 7.48. The Hall–Kier alpha value is -2.63. The second kappa shape index (κ2) is 8.12. The maximum Gasteiger partial charge on any atom is 0.318 e. The van der Waals surface area contributed by atoms with E-state index >= 15 is 0 Å². The smallest absolute Gasteiger partial charge is 0.318 e. The Balaban J connectivity index is 2.13. The number of aliphatic carboxylic acids is 1. The number of anilines is 1. The van der Waals surface area contributed by atoms with Crippen LogP contribution in [0.5, 0.6) is 6.01 Å². The minimum atomic E-state index is -0.804. The van der Waals surface area contributed by atoms with Gasteiger partial charge in [0.15, 0.2) is 0 Å². The van der Waals surface area contributed by atoms with Crippen molar-refractivity contribution in [3.05, 3.63) is 47.7 Å². The molecule has 1 aromatic heterocycles. The van der Waals surface area contributed by atoms with Crippen LogP contribution in [0.3, 0.4) is 0 Å². The van der Waals surface area contributed by atoms with Crippen molar-refractivity contribution >= 4 is 11.8 Å². The van der Waals surface area contributed by atoms with E-state index in [2.05, 4.69) is 15.3 Å². The summed E-state index contributed by atoms with van der Waals surface area (Å²) in [4.78, 5) is 19.3. The molecule has 0 spiro atoms. The fourth-order valence-corrected chi connectivity index (χ4v) is 2.34. The van der Waals surface area contributed by atoms with Crippen molar-refractivity contribution in [2.45, 2.75) is 32.2 Å². The zero-order valence-corrected chi connectivity index (χ0v) is 13.3. The number of carboxylic acids is 1. The Bertz CT molecular complexity index is 647. The van der Waals surface area contributed by atoms with Gasteiger partial charge in [-0.2, -0.15) is 4.98 Å². The van der Waals surface area contributed by atoms with E-state index in [0.717, 1.165) is 17.7 Å². The van der Waals surface area contributed by atoms with Crippen molar-refractivity contribution in [1.82, 2.24) is 9.97 Å². The summed E-state index contributed by atoms with van der Waals surface area (Å²) in [5.41, 5.74) is 1.93. The molecule has 6 heteroatoms. The van der Waals surface area contributed by atoms with E-state index in [1.54, 1.807) is 0 Å². The maximum atomic E-state index is 10.9. The predicted molar refractivity (Wildman–Crippen MR) is 87.7 cm³/mol. The molecule has 1 aromatic carbocycles. The molecule has 0 saturated carbocycles. The molecule has 0 radical (unpaired) electrons. The number of aromatic nitrogens is 2. The number of ether oxygens (including phenoxy) is 1. The monoisotopic (exact) mass is 315 g/mol. The molecule has 0 bridgehead atoms. The zero-order chi connectivity index (χ0) is 16.7. The predicted octanol–water partition coefficient (Wildman–Crippen LogP) is 2.68. The van der Waals surface area contributed by atoms with Crippen LogP contribution in [0.25, 0.3) is 0 Å². The lowest BCUT2D eigenvalue weighted by Crippen LogP contribution is -2.24. The first-order chi connectivity index (χ1) is 11.1. The van der Waals surface area contributed by atoms with Gasteiger partial charge in [0, 0.05) is 24.2 Å². The highest BCUT2D eigenvalue weighted by Crippen LogP contribution is 2.16. The van der Waals surface area contributed by atoms with Gasteiger partial charge in [0.1, 0.15) is 5.82 Å². The van der Waals surface area contributed by atoms with Gasteiger partial charge < -0.3 is 15.2 Å². The maximum absolute atomic E-state index is 10.9. The topological polar surface area (TPSA) is 84.3 Å². The van der Waals surface area contributed by atoms with Gasteiger partial charge in [-0.15, -0.1) is 0 Å². The number of nitrogens with zero attached hydrogens (tertiary/aromatic N) is 2. The molecule has 0 aliphatic rings. The molecule has 1 heterocycles. The number of carbonyl (C=O) groups is 1. The first-order valence-corrected chi connectivity index (χ1v) is 7.48. The average molecular weight is 315 g/mol. The van der Waals surface area contributed by atoms with Crippen molar-refractivity contribution in [2.24, 2.45) is 0 Å². The van der Waals surface area contributed by atoms with Crippen LogP contribution in [0.4, 0.5) is 5.82 Å². The minimum absolute atomic E-state index is 0.0347. The van der Waals surface area contributed by atoms with Gasteiger partial charge in [-0.05, 0) is 25.3 Å². The van der Waals surface area contributed by atoms with Crippen LogP contribution in [0, 0.1) is 6.92 Å². The fourth-order valence-electron chi connectivity index (χ4n) is 2.34. The van der Waals surface area contributed by atoms with Gasteiger partial charge in [-0.1, -0.05) is 30.3 Å². The zero-order valence-electron chi connectivity index (χ0n) is 13.3. The van der Waals surface area contributed by atoms with Crippen LogP contribution in [0.2, 0.25) is 0 Å². The third-order valence-corrected chi connectivity index (χ3v) is 3.40. The minimum Gasteiger partial charge on any atom is -0.481 e. The molecule has 0 fully saturated rings.